The van der Waals surface area contributed by atoms with Crippen LogP contribution in [-0.4, -0.2) is 11.2 Å². The second kappa shape index (κ2) is 5.70. The van der Waals surface area contributed by atoms with Crippen LogP contribution in [0.15, 0.2) is 33.3 Å². The minimum Gasteiger partial charge on any atom is -0.361 e. The number of halogens is 1. The monoisotopic (exact) mass is 334 g/mol. The molecule has 0 amide bonds. The Bertz CT molecular complexity index is 583. The number of aromatic nitrogens is 1. The molecule has 1 aromatic heterocycles. The number of hydrogen-bond donors (Lipinski definition) is 1. The van der Waals surface area contributed by atoms with Crippen molar-refractivity contribution in [1.29, 1.82) is 0 Å². The standard InChI is InChI=1S/C16H19BrN2O/c1-10-16(11(2)20-19-10)9-18-15-7-13(8-15)12-4-3-5-14(17)6-12/h3-6,13,15,18H,7-9H2,1-2H3. The van der Waals surface area contributed by atoms with Crippen LogP contribution < -0.4 is 5.32 Å². The average molecular weight is 335 g/mol. The van der Waals surface area contributed by atoms with Crippen LogP contribution in [0.1, 0.15) is 41.3 Å². The van der Waals surface area contributed by atoms with Gasteiger partial charge in [-0.05, 0) is 50.3 Å². The molecule has 0 saturated heterocycles. The molecule has 3 rings (SSSR count). The molecular formula is C16H19BrN2O. The van der Waals surface area contributed by atoms with E-state index in [0.717, 1.165) is 18.0 Å². The minimum atomic E-state index is 0.604. The number of rotatable bonds is 4. The summed E-state index contributed by atoms with van der Waals surface area (Å²) in [6, 6.07) is 9.25. The number of benzene rings is 1. The van der Waals surface area contributed by atoms with E-state index in [1.54, 1.807) is 0 Å². The fraction of sp³-hybridized carbons (Fsp3) is 0.438. The Morgan fingerprint density at radius 2 is 2.15 bits per heavy atom. The fourth-order valence-electron chi connectivity index (χ4n) is 2.82. The van der Waals surface area contributed by atoms with Gasteiger partial charge in [0, 0.05) is 22.6 Å². The van der Waals surface area contributed by atoms with Crippen molar-refractivity contribution in [3.63, 3.8) is 0 Å². The van der Waals surface area contributed by atoms with Gasteiger partial charge in [-0.3, -0.25) is 0 Å². The molecule has 1 N–H and O–H groups in total. The van der Waals surface area contributed by atoms with Gasteiger partial charge in [0.05, 0.1) is 5.69 Å². The van der Waals surface area contributed by atoms with Crippen LogP contribution in [0.3, 0.4) is 0 Å². The maximum atomic E-state index is 5.19. The van der Waals surface area contributed by atoms with Crippen LogP contribution in [0, 0.1) is 13.8 Å². The Hall–Kier alpha value is -1.13. The van der Waals surface area contributed by atoms with Crippen molar-refractivity contribution in [2.45, 2.75) is 45.2 Å². The third-order valence-corrected chi connectivity index (χ3v) is 4.70. The van der Waals surface area contributed by atoms with Crippen molar-refractivity contribution in [1.82, 2.24) is 10.5 Å². The summed E-state index contributed by atoms with van der Waals surface area (Å²) in [5.41, 5.74) is 3.64. The first-order valence-electron chi connectivity index (χ1n) is 7.04. The quantitative estimate of drug-likeness (QED) is 0.915. The molecule has 0 radical (unpaired) electrons. The summed E-state index contributed by atoms with van der Waals surface area (Å²) >= 11 is 3.54. The molecule has 1 saturated carbocycles. The number of nitrogens with one attached hydrogen (secondary N) is 1. The van der Waals surface area contributed by atoms with E-state index in [1.807, 2.05) is 13.8 Å². The molecule has 1 aromatic carbocycles. The van der Waals surface area contributed by atoms with Crippen molar-refractivity contribution in [3.05, 3.63) is 51.3 Å². The van der Waals surface area contributed by atoms with Crippen molar-refractivity contribution in [2.75, 3.05) is 0 Å². The van der Waals surface area contributed by atoms with Crippen molar-refractivity contribution >= 4 is 15.9 Å². The SMILES string of the molecule is Cc1noc(C)c1CNC1CC(c2cccc(Br)c2)C1. The molecule has 1 aliphatic carbocycles. The summed E-state index contributed by atoms with van der Waals surface area (Å²) < 4.78 is 6.36. The predicted molar refractivity (Wildman–Crippen MR) is 82.7 cm³/mol. The van der Waals surface area contributed by atoms with E-state index >= 15 is 0 Å². The zero-order chi connectivity index (χ0) is 14.1. The fourth-order valence-corrected chi connectivity index (χ4v) is 3.23. The van der Waals surface area contributed by atoms with Crippen LogP contribution >= 0.6 is 15.9 Å². The first-order valence-corrected chi connectivity index (χ1v) is 7.83. The highest BCUT2D eigenvalue weighted by atomic mass is 79.9. The lowest BCUT2D eigenvalue weighted by atomic mass is 9.76. The van der Waals surface area contributed by atoms with Crippen LogP contribution in [-0.2, 0) is 6.54 Å². The summed E-state index contributed by atoms with van der Waals surface area (Å²) in [6.07, 6.45) is 2.42. The molecule has 2 aromatic rings. The van der Waals surface area contributed by atoms with E-state index in [2.05, 4.69) is 50.7 Å². The summed E-state index contributed by atoms with van der Waals surface area (Å²) in [6.45, 7) is 4.83. The molecule has 4 heteroatoms. The van der Waals surface area contributed by atoms with Gasteiger partial charge in [0.15, 0.2) is 0 Å². The first kappa shape index (κ1) is 13.8. The van der Waals surface area contributed by atoms with E-state index < -0.39 is 0 Å². The Morgan fingerprint density at radius 1 is 1.35 bits per heavy atom. The first-order chi connectivity index (χ1) is 9.63. The topological polar surface area (TPSA) is 38.1 Å². The molecule has 1 heterocycles. The highest BCUT2D eigenvalue weighted by Crippen LogP contribution is 2.37. The lowest BCUT2D eigenvalue weighted by Gasteiger charge is -2.36. The summed E-state index contributed by atoms with van der Waals surface area (Å²) in [4.78, 5) is 0. The maximum Gasteiger partial charge on any atom is 0.138 e. The summed E-state index contributed by atoms with van der Waals surface area (Å²) in [5.74, 6) is 1.62. The normalized spacial score (nSPS) is 21.8. The van der Waals surface area contributed by atoms with Gasteiger partial charge in [-0.1, -0.05) is 33.2 Å². The number of aryl methyl sites for hydroxylation is 2. The molecule has 0 spiro atoms. The smallest absolute Gasteiger partial charge is 0.138 e. The number of hydrogen-bond acceptors (Lipinski definition) is 3. The van der Waals surface area contributed by atoms with Gasteiger partial charge >= 0.3 is 0 Å². The number of nitrogens with zero attached hydrogens (tertiary/aromatic N) is 1. The van der Waals surface area contributed by atoms with Crippen molar-refractivity contribution < 1.29 is 4.52 Å². The van der Waals surface area contributed by atoms with E-state index in [1.165, 1.54) is 28.4 Å². The molecule has 0 bridgehead atoms. The Balaban J connectivity index is 1.52. The van der Waals surface area contributed by atoms with Crippen LogP contribution in [0.25, 0.3) is 0 Å². The molecule has 0 unspecified atom stereocenters. The highest BCUT2D eigenvalue weighted by molar-refractivity contribution is 9.10. The lowest BCUT2D eigenvalue weighted by Crippen LogP contribution is -2.39. The largest absolute Gasteiger partial charge is 0.361 e. The second-order valence-corrected chi connectivity index (χ2v) is 6.52. The minimum absolute atomic E-state index is 0.604. The van der Waals surface area contributed by atoms with E-state index in [9.17, 15) is 0 Å². The Labute approximate surface area is 127 Å². The average Bonchev–Trinajstić information content (AvgIpc) is 2.68. The molecule has 3 nitrogen and oxygen atoms in total. The summed E-state index contributed by atoms with van der Waals surface area (Å²) in [7, 11) is 0. The lowest BCUT2D eigenvalue weighted by molar-refractivity contribution is 0.288. The third-order valence-electron chi connectivity index (χ3n) is 4.21. The molecule has 1 aliphatic rings. The van der Waals surface area contributed by atoms with Gasteiger partial charge in [0.2, 0.25) is 0 Å². The van der Waals surface area contributed by atoms with Gasteiger partial charge in [-0.15, -0.1) is 0 Å². The van der Waals surface area contributed by atoms with Crippen LogP contribution in [0.2, 0.25) is 0 Å². The second-order valence-electron chi connectivity index (χ2n) is 5.60. The van der Waals surface area contributed by atoms with E-state index in [4.69, 9.17) is 4.52 Å². The van der Waals surface area contributed by atoms with Crippen molar-refractivity contribution in [2.24, 2.45) is 0 Å². The van der Waals surface area contributed by atoms with E-state index in [0.29, 0.717) is 12.0 Å². The van der Waals surface area contributed by atoms with Gasteiger partial charge in [0.1, 0.15) is 5.76 Å². The Kier molecular flexibility index (Phi) is 3.94. The zero-order valence-corrected chi connectivity index (χ0v) is 13.4. The van der Waals surface area contributed by atoms with Crippen molar-refractivity contribution in [3.8, 4) is 0 Å². The highest BCUT2D eigenvalue weighted by Gasteiger charge is 2.30. The van der Waals surface area contributed by atoms with E-state index in [-0.39, 0.29) is 0 Å². The zero-order valence-electron chi connectivity index (χ0n) is 11.8. The van der Waals surface area contributed by atoms with Gasteiger partial charge in [-0.2, -0.15) is 0 Å². The molecule has 0 atom stereocenters. The molecule has 20 heavy (non-hydrogen) atoms. The molecule has 0 aliphatic heterocycles. The van der Waals surface area contributed by atoms with Gasteiger partial charge in [-0.25, -0.2) is 0 Å². The molecule has 1 fully saturated rings. The predicted octanol–water partition coefficient (Wildman–Crippen LogP) is 4.09. The van der Waals surface area contributed by atoms with Crippen LogP contribution in [0.4, 0.5) is 0 Å². The molecular weight excluding hydrogens is 316 g/mol. The molecule has 106 valence electrons. The Morgan fingerprint density at radius 3 is 2.80 bits per heavy atom. The van der Waals surface area contributed by atoms with Gasteiger partial charge in [0.25, 0.3) is 0 Å². The van der Waals surface area contributed by atoms with Gasteiger partial charge < -0.3 is 9.84 Å². The van der Waals surface area contributed by atoms with Crippen LogP contribution in [0.5, 0.6) is 0 Å². The summed E-state index contributed by atoms with van der Waals surface area (Å²) in [5, 5.41) is 7.60. The maximum absolute atomic E-state index is 5.19. The third kappa shape index (κ3) is 2.81.